The maximum Gasteiger partial charge on any atom is 0.0443 e. The van der Waals surface area contributed by atoms with E-state index in [2.05, 4.69) is 47.4 Å². The topological polar surface area (TPSA) is 23.5 Å². The van der Waals surface area contributed by atoms with Crippen molar-refractivity contribution in [3.8, 4) is 0 Å². The maximum atomic E-state index is 8.90. The van der Waals surface area contributed by atoms with E-state index >= 15 is 0 Å². The fraction of sp³-hybridized carbons (Fsp3) is 0.444. The second kappa shape index (κ2) is 6.38. The number of hydrogen-bond donors (Lipinski definition) is 1. The number of hydrogen-bond acceptors (Lipinski definition) is 2. The second-order valence-corrected chi connectivity index (χ2v) is 5.80. The zero-order valence-electron chi connectivity index (χ0n) is 12.0. The third-order valence-electron chi connectivity index (χ3n) is 4.46. The van der Waals surface area contributed by atoms with Gasteiger partial charge in [0.05, 0.1) is 0 Å². The molecule has 1 heterocycles. The molecule has 1 N–H and O–H groups in total. The van der Waals surface area contributed by atoms with Gasteiger partial charge in [0.25, 0.3) is 0 Å². The molecule has 0 aromatic heterocycles. The van der Waals surface area contributed by atoms with Gasteiger partial charge in [0.1, 0.15) is 0 Å². The predicted octanol–water partition coefficient (Wildman–Crippen LogP) is 3.40. The molecule has 0 radical (unpaired) electrons. The number of rotatable bonds is 4. The SMILES string of the molecule is OCCCN1CCC(c2ccc3ccccc3c2)CC1. The Kier molecular flexibility index (Phi) is 4.34. The Morgan fingerprint density at radius 1 is 1.00 bits per heavy atom. The first kappa shape index (κ1) is 13.6. The normalized spacial score (nSPS) is 17.6. The van der Waals surface area contributed by atoms with Crippen LogP contribution in [-0.2, 0) is 0 Å². The Morgan fingerprint density at radius 2 is 1.75 bits per heavy atom. The van der Waals surface area contributed by atoms with Gasteiger partial charge in [0, 0.05) is 13.2 Å². The lowest BCUT2D eigenvalue weighted by atomic mass is 9.88. The number of likely N-dealkylation sites (tertiary alicyclic amines) is 1. The number of benzene rings is 2. The molecule has 3 rings (SSSR count). The third kappa shape index (κ3) is 3.02. The average molecular weight is 269 g/mol. The molecule has 106 valence electrons. The van der Waals surface area contributed by atoms with Crippen molar-refractivity contribution in [1.29, 1.82) is 0 Å². The van der Waals surface area contributed by atoms with Gasteiger partial charge in [0.2, 0.25) is 0 Å². The van der Waals surface area contributed by atoms with Crippen molar-refractivity contribution in [3.05, 3.63) is 48.0 Å². The highest BCUT2D eigenvalue weighted by Gasteiger charge is 2.20. The highest BCUT2D eigenvalue weighted by Crippen LogP contribution is 2.30. The molecule has 1 saturated heterocycles. The summed E-state index contributed by atoms with van der Waals surface area (Å²) in [5.74, 6) is 0.699. The molecule has 2 nitrogen and oxygen atoms in total. The van der Waals surface area contributed by atoms with Crippen LogP contribution in [0.1, 0.15) is 30.7 Å². The molecular formula is C18H23NO. The quantitative estimate of drug-likeness (QED) is 0.919. The van der Waals surface area contributed by atoms with E-state index in [1.165, 1.54) is 29.2 Å². The fourth-order valence-electron chi connectivity index (χ4n) is 3.25. The minimum atomic E-state index is 0.310. The maximum absolute atomic E-state index is 8.90. The zero-order valence-corrected chi connectivity index (χ0v) is 12.0. The molecule has 2 heteroatoms. The predicted molar refractivity (Wildman–Crippen MR) is 84.1 cm³/mol. The summed E-state index contributed by atoms with van der Waals surface area (Å²) < 4.78 is 0. The third-order valence-corrected chi connectivity index (χ3v) is 4.46. The summed E-state index contributed by atoms with van der Waals surface area (Å²) in [5.41, 5.74) is 1.49. The molecule has 0 unspecified atom stereocenters. The van der Waals surface area contributed by atoms with E-state index in [9.17, 15) is 0 Å². The van der Waals surface area contributed by atoms with Gasteiger partial charge in [-0.25, -0.2) is 0 Å². The van der Waals surface area contributed by atoms with Crippen LogP contribution in [0.25, 0.3) is 10.8 Å². The minimum Gasteiger partial charge on any atom is -0.396 e. The van der Waals surface area contributed by atoms with Gasteiger partial charge >= 0.3 is 0 Å². The van der Waals surface area contributed by atoms with E-state index < -0.39 is 0 Å². The first-order valence-corrected chi connectivity index (χ1v) is 7.69. The standard InChI is InChI=1S/C18H23NO/c20-13-3-10-19-11-8-16(9-12-19)18-7-6-15-4-1-2-5-17(15)14-18/h1-2,4-7,14,16,20H,3,8-13H2. The molecule has 2 aromatic carbocycles. The molecule has 1 fully saturated rings. The molecule has 0 spiro atoms. The molecule has 0 saturated carbocycles. The second-order valence-electron chi connectivity index (χ2n) is 5.80. The number of nitrogens with zero attached hydrogens (tertiary/aromatic N) is 1. The van der Waals surface area contributed by atoms with Crippen LogP contribution in [0.15, 0.2) is 42.5 Å². The van der Waals surface area contributed by atoms with Crippen LogP contribution in [0, 0.1) is 0 Å². The zero-order chi connectivity index (χ0) is 13.8. The van der Waals surface area contributed by atoms with Crippen LogP contribution in [0.3, 0.4) is 0 Å². The Balaban J connectivity index is 1.67. The summed E-state index contributed by atoms with van der Waals surface area (Å²) in [7, 11) is 0. The van der Waals surface area contributed by atoms with Crippen molar-refractivity contribution in [3.63, 3.8) is 0 Å². The van der Waals surface area contributed by atoms with Crippen LogP contribution in [-0.4, -0.2) is 36.2 Å². The lowest BCUT2D eigenvalue weighted by Gasteiger charge is -2.32. The highest BCUT2D eigenvalue weighted by atomic mass is 16.3. The number of aliphatic hydroxyl groups is 1. The average Bonchev–Trinajstić information content (AvgIpc) is 2.53. The Bertz CT molecular complexity index is 558. The van der Waals surface area contributed by atoms with Gasteiger partial charge in [-0.05, 0) is 54.6 Å². The number of piperidine rings is 1. The lowest BCUT2D eigenvalue weighted by Crippen LogP contribution is -2.34. The van der Waals surface area contributed by atoms with Crippen molar-refractivity contribution >= 4 is 10.8 Å². The fourth-order valence-corrected chi connectivity index (χ4v) is 3.25. The van der Waals surface area contributed by atoms with E-state index in [0.29, 0.717) is 12.5 Å². The molecule has 0 amide bonds. The van der Waals surface area contributed by atoms with Crippen LogP contribution in [0.4, 0.5) is 0 Å². The first-order valence-electron chi connectivity index (χ1n) is 7.69. The minimum absolute atomic E-state index is 0.310. The van der Waals surface area contributed by atoms with Gasteiger partial charge in [-0.2, -0.15) is 0 Å². The Hall–Kier alpha value is -1.38. The molecule has 2 aromatic rings. The molecule has 20 heavy (non-hydrogen) atoms. The molecule has 0 bridgehead atoms. The Labute approximate surface area is 121 Å². The molecule has 0 aliphatic carbocycles. The monoisotopic (exact) mass is 269 g/mol. The van der Waals surface area contributed by atoms with Gasteiger partial charge in [-0.15, -0.1) is 0 Å². The molecule has 1 aliphatic rings. The smallest absolute Gasteiger partial charge is 0.0443 e. The summed E-state index contributed by atoms with van der Waals surface area (Å²) in [4.78, 5) is 2.48. The van der Waals surface area contributed by atoms with E-state index in [0.717, 1.165) is 26.1 Å². The van der Waals surface area contributed by atoms with Crippen LogP contribution < -0.4 is 0 Å². The molecule has 1 aliphatic heterocycles. The summed E-state index contributed by atoms with van der Waals surface area (Å²) >= 11 is 0. The summed E-state index contributed by atoms with van der Waals surface area (Å²) in [5, 5.41) is 11.6. The van der Waals surface area contributed by atoms with Crippen molar-refractivity contribution in [1.82, 2.24) is 4.90 Å². The number of aliphatic hydroxyl groups excluding tert-OH is 1. The summed E-state index contributed by atoms with van der Waals surface area (Å²) in [6, 6.07) is 15.5. The van der Waals surface area contributed by atoms with Crippen molar-refractivity contribution in [2.75, 3.05) is 26.2 Å². The van der Waals surface area contributed by atoms with Crippen LogP contribution in [0.2, 0.25) is 0 Å². The highest BCUT2D eigenvalue weighted by molar-refractivity contribution is 5.83. The van der Waals surface area contributed by atoms with Gasteiger partial charge < -0.3 is 10.0 Å². The number of fused-ring (bicyclic) bond motifs is 1. The summed E-state index contributed by atoms with van der Waals surface area (Å²) in [6.07, 6.45) is 3.38. The van der Waals surface area contributed by atoms with Gasteiger partial charge in [-0.1, -0.05) is 42.5 Å². The molecule has 0 atom stereocenters. The van der Waals surface area contributed by atoms with Crippen LogP contribution >= 0.6 is 0 Å². The largest absolute Gasteiger partial charge is 0.396 e. The van der Waals surface area contributed by atoms with Gasteiger partial charge in [0.15, 0.2) is 0 Å². The van der Waals surface area contributed by atoms with Crippen molar-refractivity contribution < 1.29 is 5.11 Å². The van der Waals surface area contributed by atoms with E-state index in [4.69, 9.17) is 5.11 Å². The first-order chi connectivity index (χ1) is 9.86. The summed E-state index contributed by atoms with van der Waals surface area (Å²) in [6.45, 7) is 3.68. The van der Waals surface area contributed by atoms with E-state index in [-0.39, 0.29) is 0 Å². The van der Waals surface area contributed by atoms with Crippen molar-refractivity contribution in [2.24, 2.45) is 0 Å². The van der Waals surface area contributed by atoms with Crippen molar-refractivity contribution in [2.45, 2.75) is 25.2 Å². The Morgan fingerprint density at radius 3 is 2.50 bits per heavy atom. The van der Waals surface area contributed by atoms with E-state index in [1.54, 1.807) is 0 Å². The lowest BCUT2D eigenvalue weighted by molar-refractivity contribution is 0.187. The van der Waals surface area contributed by atoms with Gasteiger partial charge in [-0.3, -0.25) is 0 Å². The van der Waals surface area contributed by atoms with Crippen LogP contribution in [0.5, 0.6) is 0 Å². The molecular weight excluding hydrogens is 246 g/mol. The van der Waals surface area contributed by atoms with E-state index in [1.807, 2.05) is 0 Å².